The Kier molecular flexibility index (Phi) is 6.13. The fourth-order valence-electron chi connectivity index (χ4n) is 2.93. The molecule has 0 atom stereocenters. The van der Waals surface area contributed by atoms with E-state index in [2.05, 4.69) is 5.32 Å². The lowest BCUT2D eigenvalue weighted by Crippen LogP contribution is -2.30. The molecule has 0 aliphatic carbocycles. The van der Waals surface area contributed by atoms with E-state index in [1.807, 2.05) is 45.0 Å². The van der Waals surface area contributed by atoms with Crippen LogP contribution in [0.3, 0.4) is 0 Å². The highest BCUT2D eigenvalue weighted by Crippen LogP contribution is 2.37. The van der Waals surface area contributed by atoms with Crippen molar-refractivity contribution in [3.63, 3.8) is 0 Å². The van der Waals surface area contributed by atoms with Gasteiger partial charge < -0.3 is 14.8 Å². The summed E-state index contributed by atoms with van der Waals surface area (Å²) >= 11 is 6.34. The van der Waals surface area contributed by atoms with Crippen molar-refractivity contribution in [2.24, 2.45) is 0 Å². The first-order valence-corrected chi connectivity index (χ1v) is 9.60. The number of nitrogens with one attached hydrogen (secondary N) is 1. The Morgan fingerprint density at radius 1 is 1.17 bits per heavy atom. The van der Waals surface area contributed by atoms with Gasteiger partial charge in [-0.15, -0.1) is 0 Å². The zero-order valence-corrected chi connectivity index (χ0v) is 17.5. The van der Waals surface area contributed by atoms with Gasteiger partial charge in [-0.3, -0.25) is 9.69 Å². The van der Waals surface area contributed by atoms with Crippen molar-refractivity contribution in [2.45, 2.75) is 33.4 Å². The number of carbonyl (C=O) groups is 2. The van der Waals surface area contributed by atoms with Gasteiger partial charge in [-0.05, 0) is 50.1 Å². The van der Waals surface area contributed by atoms with Gasteiger partial charge in [0.25, 0.3) is 5.91 Å². The van der Waals surface area contributed by atoms with Gasteiger partial charge >= 0.3 is 6.03 Å². The maximum Gasteiger partial charge on any atom is 0.329 e. The van der Waals surface area contributed by atoms with E-state index in [1.54, 1.807) is 18.2 Å². The summed E-state index contributed by atoms with van der Waals surface area (Å²) in [6.07, 6.45) is 1.50. The minimum Gasteiger partial charge on any atom is -0.493 e. The highest BCUT2D eigenvalue weighted by atomic mass is 35.5. The zero-order valence-electron chi connectivity index (χ0n) is 16.8. The number of halogens is 1. The average Bonchev–Trinajstić information content (AvgIpc) is 2.92. The van der Waals surface area contributed by atoms with Gasteiger partial charge in [0, 0.05) is 0 Å². The van der Waals surface area contributed by atoms with Gasteiger partial charge in [-0.2, -0.15) is 0 Å². The summed E-state index contributed by atoms with van der Waals surface area (Å²) in [5, 5.41) is 2.98. The number of benzene rings is 2. The monoisotopic (exact) mass is 414 g/mol. The normalized spacial score (nSPS) is 15.2. The number of imide groups is 1. The van der Waals surface area contributed by atoms with Crippen molar-refractivity contribution >= 4 is 29.6 Å². The Morgan fingerprint density at radius 3 is 2.48 bits per heavy atom. The third-order valence-corrected chi connectivity index (χ3v) is 4.62. The van der Waals surface area contributed by atoms with E-state index in [9.17, 15) is 9.59 Å². The number of hydrogen-bond acceptors (Lipinski definition) is 4. The largest absolute Gasteiger partial charge is 0.493 e. The maximum absolute atomic E-state index is 12.7. The third-order valence-electron chi connectivity index (χ3n) is 4.34. The summed E-state index contributed by atoms with van der Waals surface area (Å²) in [5.41, 5.74) is 2.78. The Hall–Kier alpha value is -2.99. The van der Waals surface area contributed by atoms with Crippen LogP contribution in [0.25, 0.3) is 6.08 Å². The van der Waals surface area contributed by atoms with Crippen molar-refractivity contribution in [1.29, 1.82) is 0 Å². The van der Waals surface area contributed by atoms with Crippen molar-refractivity contribution in [3.8, 4) is 11.5 Å². The molecule has 0 unspecified atom stereocenters. The lowest BCUT2D eigenvalue weighted by Gasteiger charge is -2.15. The van der Waals surface area contributed by atoms with Gasteiger partial charge in [0.15, 0.2) is 11.5 Å². The molecule has 0 radical (unpaired) electrons. The SMILES string of the molecule is COc1cc(C=C2NC(=O)N(Cc3ccc(C)cc3)C2=O)cc(Cl)c1OC(C)C. The van der Waals surface area contributed by atoms with Gasteiger partial charge in [-0.25, -0.2) is 4.79 Å². The molecule has 2 aromatic rings. The number of methoxy groups -OCH3 is 1. The Balaban J connectivity index is 1.85. The molecule has 0 saturated carbocycles. The van der Waals surface area contributed by atoms with Crippen LogP contribution in [0.1, 0.15) is 30.5 Å². The molecule has 1 saturated heterocycles. The number of rotatable bonds is 6. The molecule has 1 fully saturated rings. The number of ether oxygens (including phenoxy) is 2. The lowest BCUT2D eigenvalue weighted by molar-refractivity contribution is -0.123. The summed E-state index contributed by atoms with van der Waals surface area (Å²) in [7, 11) is 1.52. The highest BCUT2D eigenvalue weighted by Gasteiger charge is 2.33. The van der Waals surface area contributed by atoms with Crippen LogP contribution in [0.4, 0.5) is 4.79 Å². The van der Waals surface area contributed by atoms with E-state index >= 15 is 0 Å². The van der Waals surface area contributed by atoms with Crippen molar-refractivity contribution in [2.75, 3.05) is 7.11 Å². The van der Waals surface area contributed by atoms with E-state index in [1.165, 1.54) is 12.0 Å². The van der Waals surface area contributed by atoms with Crippen LogP contribution in [-0.4, -0.2) is 30.1 Å². The molecule has 0 bridgehead atoms. The first kappa shape index (κ1) is 20.7. The maximum atomic E-state index is 12.7. The molecule has 1 N–H and O–H groups in total. The number of carbonyl (C=O) groups excluding carboxylic acids is 2. The molecule has 0 spiro atoms. The molecule has 1 aliphatic heterocycles. The van der Waals surface area contributed by atoms with Crippen molar-refractivity contribution in [3.05, 3.63) is 63.8 Å². The molecule has 7 heteroatoms. The standard InChI is InChI=1S/C22H23ClN2O4/c1-13(2)29-20-17(23)9-16(11-19(20)28-4)10-18-21(26)25(22(27)24-18)12-15-7-5-14(3)6-8-15/h5-11,13H,12H2,1-4H3,(H,24,27). The van der Waals surface area contributed by atoms with Crippen LogP contribution >= 0.6 is 11.6 Å². The molecular formula is C22H23ClN2O4. The first-order valence-electron chi connectivity index (χ1n) is 9.22. The minimum atomic E-state index is -0.459. The van der Waals surface area contributed by atoms with Crippen LogP contribution in [0.5, 0.6) is 11.5 Å². The smallest absolute Gasteiger partial charge is 0.329 e. The molecule has 3 rings (SSSR count). The second-order valence-electron chi connectivity index (χ2n) is 7.07. The van der Waals surface area contributed by atoms with E-state index in [0.717, 1.165) is 11.1 Å². The number of urea groups is 1. The van der Waals surface area contributed by atoms with Crippen LogP contribution in [0, 0.1) is 6.92 Å². The predicted octanol–water partition coefficient (Wildman–Crippen LogP) is 4.54. The van der Waals surface area contributed by atoms with E-state index in [-0.39, 0.29) is 18.3 Å². The van der Waals surface area contributed by atoms with Crippen molar-refractivity contribution < 1.29 is 19.1 Å². The number of hydrogen-bond donors (Lipinski definition) is 1. The molecular weight excluding hydrogens is 392 g/mol. The van der Waals surface area contributed by atoms with Crippen LogP contribution in [-0.2, 0) is 11.3 Å². The Morgan fingerprint density at radius 2 is 1.86 bits per heavy atom. The summed E-state index contributed by atoms with van der Waals surface area (Å²) in [4.78, 5) is 26.2. The highest BCUT2D eigenvalue weighted by molar-refractivity contribution is 6.32. The number of amides is 3. The van der Waals surface area contributed by atoms with Crippen LogP contribution in [0.2, 0.25) is 5.02 Å². The first-order chi connectivity index (χ1) is 13.8. The number of aryl methyl sites for hydroxylation is 1. The summed E-state index contributed by atoms with van der Waals surface area (Å²) in [6.45, 7) is 5.96. The third kappa shape index (κ3) is 4.71. The summed E-state index contributed by atoms with van der Waals surface area (Å²) in [6, 6.07) is 10.6. The zero-order chi connectivity index (χ0) is 21.1. The molecule has 2 aromatic carbocycles. The second kappa shape index (κ2) is 8.57. The fourth-order valence-corrected chi connectivity index (χ4v) is 3.19. The molecule has 152 valence electrons. The van der Waals surface area contributed by atoms with Crippen LogP contribution in [0.15, 0.2) is 42.1 Å². The lowest BCUT2D eigenvalue weighted by atomic mass is 10.1. The van der Waals surface area contributed by atoms with Gasteiger partial charge in [0.2, 0.25) is 0 Å². The number of nitrogens with zero attached hydrogens (tertiary/aromatic N) is 1. The second-order valence-corrected chi connectivity index (χ2v) is 7.47. The fraction of sp³-hybridized carbons (Fsp3) is 0.273. The van der Waals surface area contributed by atoms with E-state index < -0.39 is 11.9 Å². The Bertz CT molecular complexity index is 968. The van der Waals surface area contributed by atoms with Gasteiger partial charge in [-0.1, -0.05) is 41.4 Å². The van der Waals surface area contributed by atoms with E-state index in [0.29, 0.717) is 22.1 Å². The molecule has 6 nitrogen and oxygen atoms in total. The molecule has 3 amide bonds. The van der Waals surface area contributed by atoms with Crippen LogP contribution < -0.4 is 14.8 Å². The molecule has 1 heterocycles. The minimum absolute atomic E-state index is 0.0726. The summed E-state index contributed by atoms with van der Waals surface area (Å²) in [5.74, 6) is 0.494. The molecule has 1 aliphatic rings. The van der Waals surface area contributed by atoms with Gasteiger partial charge in [0.05, 0.1) is 24.8 Å². The molecule has 29 heavy (non-hydrogen) atoms. The average molecular weight is 415 g/mol. The van der Waals surface area contributed by atoms with Crippen molar-refractivity contribution in [1.82, 2.24) is 10.2 Å². The van der Waals surface area contributed by atoms with Gasteiger partial charge in [0.1, 0.15) is 5.70 Å². The Labute approximate surface area is 175 Å². The molecule has 0 aromatic heterocycles. The topological polar surface area (TPSA) is 67.9 Å². The quantitative estimate of drug-likeness (QED) is 0.556. The summed E-state index contributed by atoms with van der Waals surface area (Å²) < 4.78 is 11.1. The predicted molar refractivity (Wildman–Crippen MR) is 112 cm³/mol. The van der Waals surface area contributed by atoms with E-state index in [4.69, 9.17) is 21.1 Å².